The van der Waals surface area contributed by atoms with Crippen LogP contribution in [-0.2, 0) is 30.2 Å². The van der Waals surface area contributed by atoms with Gasteiger partial charge in [0.15, 0.2) is 5.78 Å². The molecule has 2 aliphatic heterocycles. The number of ether oxygens (including phenoxy) is 2. The molecule has 35 heavy (non-hydrogen) atoms. The van der Waals surface area contributed by atoms with Crippen molar-refractivity contribution in [3.63, 3.8) is 0 Å². The first-order valence-corrected chi connectivity index (χ1v) is 13.2. The van der Waals surface area contributed by atoms with E-state index in [1.807, 2.05) is 38.1 Å². The highest BCUT2D eigenvalue weighted by molar-refractivity contribution is 7.99. The van der Waals surface area contributed by atoms with Gasteiger partial charge in [0.1, 0.15) is 12.2 Å². The van der Waals surface area contributed by atoms with Gasteiger partial charge in [0.2, 0.25) is 5.91 Å². The van der Waals surface area contributed by atoms with Gasteiger partial charge >= 0.3 is 13.5 Å². The van der Waals surface area contributed by atoms with Crippen molar-refractivity contribution < 1.29 is 28.5 Å². The zero-order chi connectivity index (χ0) is 25.6. The Morgan fingerprint density at radius 1 is 1.26 bits per heavy atom. The lowest BCUT2D eigenvalue weighted by molar-refractivity contribution is -0.146. The first kappa shape index (κ1) is 28.8. The van der Waals surface area contributed by atoms with E-state index >= 15 is 0 Å². The molecule has 10 heteroatoms. The lowest BCUT2D eigenvalue weighted by atomic mass is 9.75. The van der Waals surface area contributed by atoms with E-state index in [4.69, 9.17) is 19.5 Å². The van der Waals surface area contributed by atoms with E-state index in [9.17, 15) is 14.4 Å². The second kappa shape index (κ2) is 15.5. The molecule has 191 valence electrons. The molecule has 3 rings (SSSR count). The van der Waals surface area contributed by atoms with Gasteiger partial charge in [0, 0.05) is 12.2 Å². The highest BCUT2D eigenvalue weighted by Crippen LogP contribution is 2.22. The molecule has 2 bridgehead atoms. The van der Waals surface area contributed by atoms with Crippen LogP contribution < -0.4 is 10.1 Å². The smallest absolute Gasteiger partial charge is 0.384 e. The molecule has 1 amide bonds. The number of carbonyl (C=O) groups excluding carboxylic acids is 3. The fourth-order valence-corrected chi connectivity index (χ4v) is 4.93. The summed E-state index contributed by atoms with van der Waals surface area (Å²) in [7, 11) is 2.63. The van der Waals surface area contributed by atoms with E-state index in [2.05, 4.69) is 5.32 Å². The number of esters is 1. The minimum Gasteiger partial charge on any atom is -0.555 e. The third kappa shape index (κ3) is 10.3. The number of carbonyl (C=O) groups is 3. The molecule has 0 aliphatic carbocycles. The molecule has 0 fully saturated rings. The molecule has 2 aliphatic rings. The summed E-state index contributed by atoms with van der Waals surface area (Å²) in [6.45, 7) is 4.54. The Bertz CT molecular complexity index is 836. The number of methoxy groups -OCH3 is 1. The van der Waals surface area contributed by atoms with Crippen molar-refractivity contribution in [2.75, 3.05) is 25.2 Å². The minimum atomic E-state index is -0.728. The van der Waals surface area contributed by atoms with Crippen LogP contribution in [0.4, 0.5) is 0 Å². The lowest BCUT2D eigenvalue weighted by Crippen LogP contribution is -2.45. The van der Waals surface area contributed by atoms with Crippen molar-refractivity contribution in [1.29, 1.82) is 5.41 Å². The van der Waals surface area contributed by atoms with Gasteiger partial charge in [-0.3, -0.25) is 19.8 Å². The Hall–Kier alpha value is -2.49. The number of hydrogen-bond donors (Lipinski definition) is 2. The van der Waals surface area contributed by atoms with Crippen molar-refractivity contribution in [2.24, 2.45) is 11.8 Å². The molecule has 0 saturated heterocycles. The maximum atomic E-state index is 13.3. The SMILES string of the molecule is COC(=O)[C@@H]1CSCCCCOc2ccc(cc2)C[C@H]([B]OC=N)C(=O)N[C@@H](CC(C)C)C(=O)C1. The summed E-state index contributed by atoms with van der Waals surface area (Å²) in [6, 6.07) is 6.81. The highest BCUT2D eigenvalue weighted by Gasteiger charge is 2.31. The maximum Gasteiger partial charge on any atom is 0.384 e. The first-order chi connectivity index (χ1) is 16.8. The van der Waals surface area contributed by atoms with Crippen LogP contribution in [0.2, 0.25) is 5.82 Å². The quantitative estimate of drug-likeness (QED) is 0.265. The first-order valence-electron chi connectivity index (χ1n) is 12.0. The van der Waals surface area contributed by atoms with Gasteiger partial charge in [-0.25, -0.2) is 0 Å². The Labute approximate surface area is 213 Å². The van der Waals surface area contributed by atoms with E-state index in [-0.39, 0.29) is 24.0 Å². The van der Waals surface area contributed by atoms with Gasteiger partial charge in [-0.15, -0.1) is 0 Å². The van der Waals surface area contributed by atoms with Gasteiger partial charge in [0.05, 0.1) is 31.5 Å². The van der Waals surface area contributed by atoms with Crippen LogP contribution in [0.3, 0.4) is 0 Å². The van der Waals surface area contributed by atoms with Crippen molar-refractivity contribution >= 4 is 43.3 Å². The van der Waals surface area contributed by atoms with Crippen LogP contribution in [0.15, 0.2) is 24.3 Å². The molecule has 1 radical (unpaired) electrons. The number of thioether (sulfide) groups is 1. The molecule has 3 atom stereocenters. The number of fused-ring (bicyclic) bond motifs is 16. The standard InChI is InChI=1S/C25H36BN2O6S/c1-17(2)12-22-23(29)14-19(25(31)32-3)15-35-11-5-4-10-33-20-8-6-18(7-9-20)13-21(24(30)28-22)26-34-16-27/h6-9,16-17,19,21-22,27H,4-5,10-15H2,1-3H3,(H,28,30)/t19-,21-,22-/m0/s1. The lowest BCUT2D eigenvalue weighted by Gasteiger charge is -2.24. The zero-order valence-corrected chi connectivity index (χ0v) is 21.6. The zero-order valence-electron chi connectivity index (χ0n) is 20.8. The van der Waals surface area contributed by atoms with Gasteiger partial charge < -0.3 is 19.4 Å². The maximum absolute atomic E-state index is 13.3. The van der Waals surface area contributed by atoms with Crippen LogP contribution in [0.5, 0.6) is 5.75 Å². The highest BCUT2D eigenvalue weighted by atomic mass is 32.2. The summed E-state index contributed by atoms with van der Waals surface area (Å²) in [5, 5.41) is 10.0. The largest absolute Gasteiger partial charge is 0.555 e. The van der Waals surface area contributed by atoms with Crippen LogP contribution >= 0.6 is 11.8 Å². The molecule has 1 aromatic carbocycles. The predicted octanol–water partition coefficient (Wildman–Crippen LogP) is 3.45. The van der Waals surface area contributed by atoms with Crippen molar-refractivity contribution in [3.05, 3.63) is 29.8 Å². The summed E-state index contributed by atoms with van der Waals surface area (Å²) in [5.74, 6) is -0.00730. The molecule has 2 heterocycles. The summed E-state index contributed by atoms with van der Waals surface area (Å²) >= 11 is 1.62. The molecule has 2 N–H and O–H groups in total. The summed E-state index contributed by atoms with van der Waals surface area (Å²) < 4.78 is 15.8. The van der Waals surface area contributed by atoms with Gasteiger partial charge in [-0.05, 0) is 55.1 Å². The normalized spacial score (nSPS) is 22.7. The number of amides is 1. The second-order valence-corrected chi connectivity index (χ2v) is 10.2. The summed E-state index contributed by atoms with van der Waals surface area (Å²) in [4.78, 5) is 38.8. The average molecular weight is 503 g/mol. The Morgan fingerprint density at radius 2 is 2.00 bits per heavy atom. The molecule has 0 unspecified atom stereocenters. The third-order valence-corrected chi connectivity index (χ3v) is 6.91. The molecule has 0 aromatic heterocycles. The monoisotopic (exact) mass is 503 g/mol. The predicted molar refractivity (Wildman–Crippen MR) is 138 cm³/mol. The van der Waals surface area contributed by atoms with Gasteiger partial charge in [-0.2, -0.15) is 11.8 Å². The van der Waals surface area contributed by atoms with Crippen LogP contribution in [-0.4, -0.2) is 62.8 Å². The Balaban J connectivity index is 2.28. The van der Waals surface area contributed by atoms with Gasteiger partial charge in [0.25, 0.3) is 0 Å². The number of rotatable bonds is 6. The topological polar surface area (TPSA) is 115 Å². The van der Waals surface area contributed by atoms with Crippen LogP contribution in [0, 0.1) is 17.2 Å². The molecule has 1 aromatic rings. The van der Waals surface area contributed by atoms with Crippen molar-refractivity contribution in [2.45, 2.75) is 57.8 Å². The number of nitrogens with one attached hydrogen (secondary N) is 2. The van der Waals surface area contributed by atoms with Gasteiger partial charge in [-0.1, -0.05) is 26.0 Å². The van der Waals surface area contributed by atoms with Crippen LogP contribution in [0.1, 0.15) is 45.1 Å². The average Bonchev–Trinajstić information content (AvgIpc) is 2.84. The number of hydrogen-bond acceptors (Lipinski definition) is 8. The Morgan fingerprint density at radius 3 is 2.66 bits per heavy atom. The summed E-state index contributed by atoms with van der Waals surface area (Å²) in [6.07, 6.45) is 3.37. The Kier molecular flexibility index (Phi) is 12.7. The van der Waals surface area contributed by atoms with Crippen molar-refractivity contribution in [3.8, 4) is 5.75 Å². The molecule has 0 saturated carbocycles. The van der Waals surface area contributed by atoms with E-state index < -0.39 is 23.7 Å². The third-order valence-electron chi connectivity index (χ3n) is 5.69. The fourth-order valence-electron chi connectivity index (χ4n) is 3.82. The van der Waals surface area contributed by atoms with E-state index in [1.165, 1.54) is 14.6 Å². The minimum absolute atomic E-state index is 0.00694. The molecular weight excluding hydrogens is 467 g/mol. The van der Waals surface area contributed by atoms with Crippen molar-refractivity contribution in [1.82, 2.24) is 5.32 Å². The molecule has 0 spiro atoms. The number of Topliss-reactive ketones (excluding diaryl/α,β-unsaturated/α-hetero) is 1. The number of ketones is 1. The molecule has 8 nitrogen and oxygen atoms in total. The van der Waals surface area contributed by atoms with E-state index in [1.54, 1.807) is 11.8 Å². The van der Waals surface area contributed by atoms with E-state index in [0.717, 1.165) is 36.3 Å². The second-order valence-electron chi connectivity index (χ2n) is 9.06. The van der Waals surface area contributed by atoms with Crippen LogP contribution in [0.25, 0.3) is 0 Å². The molecular formula is C25H36BN2O6S. The fraction of sp³-hybridized carbons (Fsp3) is 0.600. The summed E-state index contributed by atoms with van der Waals surface area (Å²) in [5.41, 5.74) is 0.897. The number of benzene rings is 1. The van der Waals surface area contributed by atoms with E-state index in [0.29, 0.717) is 25.2 Å².